The van der Waals surface area contributed by atoms with Crippen LogP contribution in [0.2, 0.25) is 0 Å². The highest BCUT2D eigenvalue weighted by Gasteiger charge is 2.34. The molecule has 1 saturated heterocycles. The van der Waals surface area contributed by atoms with Crippen LogP contribution in [0.1, 0.15) is 25.7 Å². The van der Waals surface area contributed by atoms with Gasteiger partial charge in [0.2, 0.25) is 5.91 Å². The van der Waals surface area contributed by atoms with Gasteiger partial charge in [0.05, 0.1) is 7.11 Å². The molecule has 1 aliphatic heterocycles. The van der Waals surface area contributed by atoms with Crippen molar-refractivity contribution in [2.45, 2.75) is 25.7 Å². The lowest BCUT2D eigenvalue weighted by Gasteiger charge is -2.13. The lowest BCUT2D eigenvalue weighted by Crippen LogP contribution is -2.41. The molecule has 0 bridgehead atoms. The largest absolute Gasteiger partial charge is 0.469 e. The number of hydrogen-bond acceptors (Lipinski definition) is 5. The quantitative estimate of drug-likeness (QED) is 0.378. The second-order valence-corrected chi connectivity index (χ2v) is 4.86. The van der Waals surface area contributed by atoms with Gasteiger partial charge in [-0.1, -0.05) is 6.42 Å². The van der Waals surface area contributed by atoms with Crippen molar-refractivity contribution >= 4 is 23.8 Å². The van der Waals surface area contributed by atoms with Crippen molar-refractivity contribution < 1.29 is 23.9 Å². The van der Waals surface area contributed by atoms with Gasteiger partial charge in [0.15, 0.2) is 0 Å². The minimum absolute atomic E-state index is 0.0135. The molecule has 21 heavy (non-hydrogen) atoms. The highest BCUT2D eigenvalue weighted by molar-refractivity contribution is 6.04. The van der Waals surface area contributed by atoms with E-state index in [9.17, 15) is 19.2 Å². The van der Waals surface area contributed by atoms with Crippen LogP contribution in [0.15, 0.2) is 0 Å². The summed E-state index contributed by atoms with van der Waals surface area (Å²) < 4.78 is 4.52. The molecule has 1 rings (SSSR count). The Hall–Kier alpha value is -2.12. The summed E-state index contributed by atoms with van der Waals surface area (Å²) in [4.78, 5) is 47.7. The first kappa shape index (κ1) is 16.9. The van der Waals surface area contributed by atoms with E-state index in [1.165, 1.54) is 19.1 Å². The first-order valence-corrected chi connectivity index (χ1v) is 6.84. The Morgan fingerprint density at radius 1 is 1.24 bits per heavy atom. The Morgan fingerprint density at radius 2 is 1.95 bits per heavy atom. The average Bonchev–Trinajstić information content (AvgIpc) is 2.68. The van der Waals surface area contributed by atoms with E-state index >= 15 is 0 Å². The number of hydrogen-bond donors (Lipinski definition) is 1. The molecule has 0 atom stereocenters. The van der Waals surface area contributed by atoms with Gasteiger partial charge in [0.1, 0.15) is 13.1 Å². The number of ether oxygens (including phenoxy) is 1. The lowest BCUT2D eigenvalue weighted by atomic mass is 10.2. The molecular formula is C13H21N3O5. The number of rotatable bonds is 8. The zero-order chi connectivity index (χ0) is 15.8. The topological polar surface area (TPSA) is 96.0 Å². The number of methoxy groups -OCH3 is 1. The summed E-state index contributed by atoms with van der Waals surface area (Å²) in [7, 11) is 2.86. The maximum absolute atomic E-state index is 11.6. The Morgan fingerprint density at radius 3 is 2.52 bits per heavy atom. The zero-order valence-electron chi connectivity index (χ0n) is 12.4. The van der Waals surface area contributed by atoms with Gasteiger partial charge >= 0.3 is 12.0 Å². The van der Waals surface area contributed by atoms with Crippen molar-refractivity contribution in [3.8, 4) is 0 Å². The molecule has 8 heteroatoms. The minimum Gasteiger partial charge on any atom is -0.469 e. The Balaban J connectivity index is 2.13. The number of nitrogens with zero attached hydrogens (tertiary/aromatic N) is 2. The molecule has 0 aliphatic carbocycles. The summed E-state index contributed by atoms with van der Waals surface area (Å²) in [6, 6.07) is -0.451. The van der Waals surface area contributed by atoms with Crippen molar-refractivity contribution in [2.75, 3.05) is 33.8 Å². The first-order chi connectivity index (χ1) is 9.95. The smallest absolute Gasteiger partial charge is 0.327 e. The maximum Gasteiger partial charge on any atom is 0.327 e. The molecule has 1 N–H and O–H groups in total. The molecule has 0 radical (unpaired) electrons. The number of unbranched alkanes of at least 4 members (excludes halogenated alkanes) is 2. The Labute approximate surface area is 123 Å². The maximum atomic E-state index is 11.6. The van der Waals surface area contributed by atoms with E-state index in [0.29, 0.717) is 19.4 Å². The van der Waals surface area contributed by atoms with Crippen molar-refractivity contribution in [3.63, 3.8) is 0 Å². The number of amides is 4. The van der Waals surface area contributed by atoms with E-state index in [2.05, 4.69) is 10.1 Å². The number of likely N-dealkylation sites (N-methyl/N-ethyl adjacent to an activating group) is 1. The highest BCUT2D eigenvalue weighted by Crippen LogP contribution is 2.07. The number of carbonyl (C=O) groups is 4. The van der Waals surface area contributed by atoms with Gasteiger partial charge in [0.25, 0.3) is 5.91 Å². The van der Waals surface area contributed by atoms with E-state index in [1.54, 1.807) is 0 Å². The van der Waals surface area contributed by atoms with E-state index in [0.717, 1.165) is 17.7 Å². The van der Waals surface area contributed by atoms with Gasteiger partial charge in [-0.15, -0.1) is 0 Å². The summed E-state index contributed by atoms with van der Waals surface area (Å²) in [5, 5.41) is 2.65. The molecule has 0 aromatic heterocycles. The SMILES string of the molecule is COC(=O)CCCCCNC(=O)CN1C(=O)CN(C)C1=O. The van der Waals surface area contributed by atoms with Crippen LogP contribution in [0.4, 0.5) is 4.79 Å². The van der Waals surface area contributed by atoms with Crippen LogP contribution in [-0.2, 0) is 19.1 Å². The monoisotopic (exact) mass is 299 g/mol. The standard InChI is InChI=1S/C13H21N3O5/c1-15-9-11(18)16(13(15)20)8-10(17)14-7-5-3-4-6-12(19)21-2/h3-9H2,1-2H3,(H,14,17). The van der Waals surface area contributed by atoms with Crippen molar-refractivity contribution in [1.29, 1.82) is 0 Å². The van der Waals surface area contributed by atoms with Crippen LogP contribution in [0.3, 0.4) is 0 Å². The molecule has 0 saturated carbocycles. The lowest BCUT2D eigenvalue weighted by molar-refractivity contribution is -0.140. The van der Waals surface area contributed by atoms with Gasteiger partial charge in [-0.25, -0.2) is 4.79 Å². The number of nitrogens with one attached hydrogen (secondary N) is 1. The molecule has 1 fully saturated rings. The summed E-state index contributed by atoms with van der Waals surface area (Å²) in [6.45, 7) is 0.218. The predicted molar refractivity (Wildman–Crippen MR) is 73.2 cm³/mol. The van der Waals surface area contributed by atoms with Gasteiger partial charge in [-0.3, -0.25) is 19.3 Å². The van der Waals surface area contributed by atoms with Crippen molar-refractivity contribution in [2.24, 2.45) is 0 Å². The molecule has 4 amide bonds. The molecule has 0 spiro atoms. The van der Waals surface area contributed by atoms with Gasteiger partial charge in [-0.05, 0) is 12.8 Å². The van der Waals surface area contributed by atoms with Gasteiger partial charge in [0, 0.05) is 20.0 Å². The molecule has 0 aromatic carbocycles. The summed E-state index contributed by atoms with van der Waals surface area (Å²) in [5.41, 5.74) is 0. The third kappa shape index (κ3) is 5.41. The average molecular weight is 299 g/mol. The van der Waals surface area contributed by atoms with E-state index in [4.69, 9.17) is 0 Å². The van der Waals surface area contributed by atoms with Crippen LogP contribution >= 0.6 is 0 Å². The van der Waals surface area contributed by atoms with Crippen LogP contribution < -0.4 is 5.32 Å². The molecule has 0 aromatic rings. The molecule has 118 valence electrons. The summed E-state index contributed by atoms with van der Waals surface area (Å²) in [5.74, 6) is -0.968. The van der Waals surface area contributed by atoms with E-state index < -0.39 is 6.03 Å². The van der Waals surface area contributed by atoms with Gasteiger partial charge in [-0.2, -0.15) is 0 Å². The number of esters is 1. The highest BCUT2D eigenvalue weighted by atomic mass is 16.5. The molecule has 1 aliphatic rings. The van der Waals surface area contributed by atoms with Crippen LogP contribution in [0, 0.1) is 0 Å². The third-order valence-corrected chi connectivity index (χ3v) is 3.14. The van der Waals surface area contributed by atoms with E-state index in [1.807, 2.05) is 0 Å². The summed E-state index contributed by atoms with van der Waals surface area (Å²) >= 11 is 0. The summed E-state index contributed by atoms with van der Waals surface area (Å²) in [6.07, 6.45) is 2.59. The Bertz CT molecular complexity index is 424. The van der Waals surface area contributed by atoms with E-state index in [-0.39, 0.29) is 30.9 Å². The second kappa shape index (κ2) is 8.23. The molecule has 1 heterocycles. The fraction of sp³-hybridized carbons (Fsp3) is 0.692. The number of imide groups is 1. The van der Waals surface area contributed by atoms with Crippen molar-refractivity contribution in [1.82, 2.24) is 15.1 Å². The molecular weight excluding hydrogens is 278 g/mol. The molecule has 0 unspecified atom stereocenters. The second-order valence-electron chi connectivity index (χ2n) is 4.86. The van der Waals surface area contributed by atoms with Gasteiger partial charge < -0.3 is 15.0 Å². The van der Waals surface area contributed by atoms with Crippen LogP contribution in [0.25, 0.3) is 0 Å². The zero-order valence-corrected chi connectivity index (χ0v) is 12.4. The number of carbonyl (C=O) groups excluding carboxylic acids is 4. The third-order valence-electron chi connectivity index (χ3n) is 3.14. The van der Waals surface area contributed by atoms with Crippen LogP contribution in [-0.4, -0.2) is 67.4 Å². The number of urea groups is 1. The predicted octanol–water partition coefficient (Wildman–Crippen LogP) is -0.270. The van der Waals surface area contributed by atoms with Crippen LogP contribution in [0.5, 0.6) is 0 Å². The van der Waals surface area contributed by atoms with Crippen molar-refractivity contribution in [3.05, 3.63) is 0 Å². The minimum atomic E-state index is -0.451. The first-order valence-electron chi connectivity index (χ1n) is 6.84. The fourth-order valence-corrected chi connectivity index (χ4v) is 1.92. The Kier molecular flexibility index (Phi) is 6.64. The molecule has 8 nitrogen and oxygen atoms in total. The fourth-order valence-electron chi connectivity index (χ4n) is 1.92. The normalized spacial score (nSPS) is 14.6.